The molecule has 1 aromatic rings. The fourth-order valence-electron chi connectivity index (χ4n) is 1.45. The Balaban J connectivity index is 2.79. The predicted molar refractivity (Wildman–Crippen MR) is 57.6 cm³/mol. The highest BCUT2D eigenvalue weighted by Crippen LogP contribution is 2.08. The molecule has 1 rings (SSSR count). The van der Waals surface area contributed by atoms with E-state index in [4.69, 9.17) is 0 Å². The maximum absolute atomic E-state index is 11.6. The molecule has 0 spiro atoms. The average molecular weight is 191 g/mol. The van der Waals surface area contributed by atoms with E-state index in [9.17, 15) is 4.79 Å². The largest absolute Gasteiger partial charge is 0.292 e. The Bertz CT molecular complexity index is 311. The van der Waals surface area contributed by atoms with Crippen LogP contribution in [0.15, 0.2) is 12.1 Å². The van der Waals surface area contributed by atoms with Crippen molar-refractivity contribution in [2.24, 2.45) is 0 Å². The first kappa shape index (κ1) is 10.9. The van der Waals surface area contributed by atoms with E-state index in [-0.39, 0.29) is 5.78 Å². The standard InChI is InChI=1S/C12H17NO/c1-4-5-6-12(14)11-8-9(2)7-10(3)13-11/h7-8H,4-6H2,1-3H3. The third-order valence-corrected chi connectivity index (χ3v) is 2.14. The fraction of sp³-hybridized carbons (Fsp3) is 0.500. The van der Waals surface area contributed by atoms with Gasteiger partial charge in [0.05, 0.1) is 0 Å². The van der Waals surface area contributed by atoms with Crippen LogP contribution in [0.2, 0.25) is 0 Å². The van der Waals surface area contributed by atoms with Gasteiger partial charge < -0.3 is 0 Å². The van der Waals surface area contributed by atoms with Crippen LogP contribution < -0.4 is 0 Å². The van der Waals surface area contributed by atoms with Crippen LogP contribution in [0.1, 0.15) is 47.9 Å². The molecule has 1 heterocycles. The van der Waals surface area contributed by atoms with Crippen molar-refractivity contribution in [1.29, 1.82) is 0 Å². The van der Waals surface area contributed by atoms with Gasteiger partial charge in [-0.3, -0.25) is 9.78 Å². The molecule has 2 heteroatoms. The molecule has 0 bridgehead atoms. The molecular weight excluding hydrogens is 174 g/mol. The number of pyridine rings is 1. The summed E-state index contributed by atoms with van der Waals surface area (Å²) in [5.41, 5.74) is 2.65. The Kier molecular flexibility index (Phi) is 3.81. The van der Waals surface area contributed by atoms with Crippen molar-refractivity contribution in [1.82, 2.24) is 4.98 Å². The lowest BCUT2D eigenvalue weighted by molar-refractivity contribution is 0.0974. The second-order valence-corrected chi connectivity index (χ2v) is 3.70. The third-order valence-electron chi connectivity index (χ3n) is 2.14. The quantitative estimate of drug-likeness (QED) is 0.684. The molecule has 0 aliphatic heterocycles. The van der Waals surface area contributed by atoms with Gasteiger partial charge in [-0.15, -0.1) is 0 Å². The SMILES string of the molecule is CCCCC(=O)c1cc(C)cc(C)n1. The van der Waals surface area contributed by atoms with Crippen LogP contribution in [0.25, 0.3) is 0 Å². The summed E-state index contributed by atoms with van der Waals surface area (Å²) in [5, 5.41) is 0. The highest BCUT2D eigenvalue weighted by atomic mass is 16.1. The fourth-order valence-corrected chi connectivity index (χ4v) is 1.45. The summed E-state index contributed by atoms with van der Waals surface area (Å²) in [6, 6.07) is 3.85. The second kappa shape index (κ2) is 4.89. The zero-order valence-electron chi connectivity index (χ0n) is 9.13. The summed E-state index contributed by atoms with van der Waals surface area (Å²) in [7, 11) is 0. The van der Waals surface area contributed by atoms with Crippen molar-refractivity contribution in [2.45, 2.75) is 40.0 Å². The Morgan fingerprint density at radius 3 is 2.64 bits per heavy atom. The number of ketones is 1. The van der Waals surface area contributed by atoms with Gasteiger partial charge in [0.15, 0.2) is 5.78 Å². The van der Waals surface area contributed by atoms with Gasteiger partial charge >= 0.3 is 0 Å². The van der Waals surface area contributed by atoms with Crippen molar-refractivity contribution in [3.63, 3.8) is 0 Å². The Morgan fingerprint density at radius 1 is 1.36 bits per heavy atom. The van der Waals surface area contributed by atoms with Crippen LogP contribution in [0.4, 0.5) is 0 Å². The van der Waals surface area contributed by atoms with Crippen LogP contribution in [0.5, 0.6) is 0 Å². The molecule has 0 radical (unpaired) electrons. The molecule has 0 saturated heterocycles. The van der Waals surface area contributed by atoms with E-state index in [1.165, 1.54) is 0 Å². The van der Waals surface area contributed by atoms with E-state index in [0.717, 1.165) is 24.1 Å². The van der Waals surface area contributed by atoms with Gasteiger partial charge in [0.2, 0.25) is 0 Å². The van der Waals surface area contributed by atoms with E-state index in [0.29, 0.717) is 12.1 Å². The number of aryl methyl sites for hydroxylation is 2. The molecule has 0 aliphatic rings. The van der Waals surface area contributed by atoms with Gasteiger partial charge in [0.25, 0.3) is 0 Å². The van der Waals surface area contributed by atoms with E-state index in [2.05, 4.69) is 11.9 Å². The van der Waals surface area contributed by atoms with Crippen molar-refractivity contribution in [2.75, 3.05) is 0 Å². The lowest BCUT2D eigenvalue weighted by atomic mass is 10.1. The maximum Gasteiger partial charge on any atom is 0.181 e. The van der Waals surface area contributed by atoms with Gasteiger partial charge in [-0.25, -0.2) is 0 Å². The van der Waals surface area contributed by atoms with E-state index >= 15 is 0 Å². The molecule has 76 valence electrons. The number of hydrogen-bond acceptors (Lipinski definition) is 2. The summed E-state index contributed by atoms with van der Waals surface area (Å²) in [4.78, 5) is 15.9. The first-order valence-corrected chi connectivity index (χ1v) is 5.12. The third kappa shape index (κ3) is 2.95. The van der Waals surface area contributed by atoms with Gasteiger partial charge in [0, 0.05) is 12.1 Å². The molecule has 0 amide bonds. The minimum atomic E-state index is 0.165. The monoisotopic (exact) mass is 191 g/mol. The first-order valence-electron chi connectivity index (χ1n) is 5.12. The summed E-state index contributed by atoms with van der Waals surface area (Å²) in [5.74, 6) is 0.165. The molecule has 0 saturated carbocycles. The zero-order valence-corrected chi connectivity index (χ0v) is 9.13. The number of hydrogen-bond donors (Lipinski definition) is 0. The van der Waals surface area contributed by atoms with Crippen LogP contribution in [-0.2, 0) is 0 Å². The molecule has 14 heavy (non-hydrogen) atoms. The Labute approximate surface area is 85.4 Å². The van der Waals surface area contributed by atoms with E-state index in [1.54, 1.807) is 0 Å². The molecular formula is C12H17NO. The highest BCUT2D eigenvalue weighted by molar-refractivity contribution is 5.94. The number of carbonyl (C=O) groups is 1. The lowest BCUT2D eigenvalue weighted by Gasteiger charge is -2.02. The molecule has 0 N–H and O–H groups in total. The van der Waals surface area contributed by atoms with Gasteiger partial charge in [-0.1, -0.05) is 13.3 Å². The summed E-state index contributed by atoms with van der Waals surface area (Å²) < 4.78 is 0. The van der Waals surface area contributed by atoms with Gasteiger partial charge in [-0.2, -0.15) is 0 Å². The van der Waals surface area contributed by atoms with E-state index < -0.39 is 0 Å². The number of nitrogens with zero attached hydrogens (tertiary/aromatic N) is 1. The predicted octanol–water partition coefficient (Wildman–Crippen LogP) is 3.07. The van der Waals surface area contributed by atoms with Crippen molar-refractivity contribution in [3.8, 4) is 0 Å². The molecule has 0 unspecified atom stereocenters. The maximum atomic E-state index is 11.6. The van der Waals surface area contributed by atoms with Crippen molar-refractivity contribution < 1.29 is 4.79 Å². The van der Waals surface area contributed by atoms with Crippen LogP contribution in [-0.4, -0.2) is 10.8 Å². The average Bonchev–Trinajstić information content (AvgIpc) is 2.12. The number of Topliss-reactive ketones (excluding diaryl/α,β-unsaturated/α-hetero) is 1. The first-order chi connectivity index (χ1) is 6.63. The smallest absolute Gasteiger partial charge is 0.181 e. The molecule has 1 aromatic heterocycles. The second-order valence-electron chi connectivity index (χ2n) is 3.70. The molecule has 0 aliphatic carbocycles. The minimum absolute atomic E-state index is 0.165. The van der Waals surface area contributed by atoms with Crippen LogP contribution >= 0.6 is 0 Å². The van der Waals surface area contributed by atoms with Crippen LogP contribution in [0, 0.1) is 13.8 Å². The molecule has 0 fully saturated rings. The lowest BCUT2D eigenvalue weighted by Crippen LogP contribution is -2.03. The summed E-state index contributed by atoms with van der Waals surface area (Å²) in [6.07, 6.45) is 2.62. The molecule has 0 aromatic carbocycles. The van der Waals surface area contributed by atoms with E-state index in [1.807, 2.05) is 26.0 Å². The number of rotatable bonds is 4. The van der Waals surface area contributed by atoms with Crippen molar-refractivity contribution >= 4 is 5.78 Å². The topological polar surface area (TPSA) is 30.0 Å². The number of unbranched alkanes of at least 4 members (excludes halogenated alkanes) is 1. The van der Waals surface area contributed by atoms with Crippen molar-refractivity contribution in [3.05, 3.63) is 29.1 Å². The summed E-state index contributed by atoms with van der Waals surface area (Å²) >= 11 is 0. The zero-order chi connectivity index (χ0) is 10.6. The summed E-state index contributed by atoms with van der Waals surface area (Å²) in [6.45, 7) is 6.00. The van der Waals surface area contributed by atoms with Gasteiger partial charge in [0.1, 0.15) is 5.69 Å². The Morgan fingerprint density at radius 2 is 2.07 bits per heavy atom. The number of carbonyl (C=O) groups excluding carboxylic acids is 1. The molecule has 2 nitrogen and oxygen atoms in total. The minimum Gasteiger partial charge on any atom is -0.292 e. The highest BCUT2D eigenvalue weighted by Gasteiger charge is 2.07. The normalized spacial score (nSPS) is 10.2. The van der Waals surface area contributed by atoms with Gasteiger partial charge in [-0.05, 0) is 38.0 Å². The Hall–Kier alpha value is -1.18. The van der Waals surface area contributed by atoms with Crippen LogP contribution in [0.3, 0.4) is 0 Å². The molecule has 0 atom stereocenters. The number of aromatic nitrogens is 1.